The second-order valence-electron chi connectivity index (χ2n) is 7.45. The van der Waals surface area contributed by atoms with Crippen LogP contribution < -0.4 is 0 Å². The third kappa shape index (κ3) is 3.05. The number of halogens is 3. The molecule has 0 heterocycles. The molecule has 0 radical (unpaired) electrons. The molecule has 0 N–H and O–H groups in total. The van der Waals surface area contributed by atoms with Gasteiger partial charge in [0.1, 0.15) is 24.2 Å². The molecule has 4 heteroatoms. The van der Waals surface area contributed by atoms with Crippen molar-refractivity contribution in [2.45, 2.75) is 38.5 Å². The van der Waals surface area contributed by atoms with E-state index in [0.29, 0.717) is 17.5 Å². The van der Waals surface area contributed by atoms with Gasteiger partial charge in [0.25, 0.3) is 0 Å². The van der Waals surface area contributed by atoms with Gasteiger partial charge in [0, 0.05) is 12.3 Å². The molecule has 1 nitrogen and oxygen atoms in total. The van der Waals surface area contributed by atoms with Gasteiger partial charge >= 0.3 is 0 Å². The summed E-state index contributed by atoms with van der Waals surface area (Å²) < 4.78 is 43.6. The highest BCUT2D eigenvalue weighted by Crippen LogP contribution is 2.44. The molecule has 1 unspecified atom stereocenters. The van der Waals surface area contributed by atoms with Crippen molar-refractivity contribution < 1.29 is 13.2 Å². The lowest BCUT2D eigenvalue weighted by molar-refractivity contribution is 0.103. The Balaban J connectivity index is 1.78. The molecule has 1 aliphatic carbocycles. The molecule has 0 saturated carbocycles. The van der Waals surface area contributed by atoms with Crippen LogP contribution in [0, 0.1) is 23.1 Å². The fourth-order valence-electron chi connectivity index (χ4n) is 4.28. The number of benzene rings is 3. The maximum Gasteiger partial charge on any atom is 0.141 e. The molecule has 0 spiro atoms. The van der Waals surface area contributed by atoms with Crippen molar-refractivity contribution in [3.8, 4) is 17.2 Å². The number of nitriles is 1. The molecule has 0 fully saturated rings. The van der Waals surface area contributed by atoms with Gasteiger partial charge < -0.3 is 0 Å². The molecule has 3 aromatic rings. The zero-order valence-corrected chi connectivity index (χ0v) is 15.6. The Labute approximate surface area is 162 Å². The van der Waals surface area contributed by atoms with Crippen molar-refractivity contribution in [1.82, 2.24) is 0 Å². The average molecular weight is 379 g/mol. The number of hydrogen-bond donors (Lipinski definition) is 0. The van der Waals surface area contributed by atoms with E-state index in [2.05, 4.69) is 0 Å². The average Bonchev–Trinajstić information content (AvgIpc) is 2.70. The van der Waals surface area contributed by atoms with Crippen molar-refractivity contribution in [2.24, 2.45) is 5.92 Å². The van der Waals surface area contributed by atoms with Crippen LogP contribution in [0.5, 0.6) is 0 Å². The topological polar surface area (TPSA) is 23.8 Å². The van der Waals surface area contributed by atoms with Crippen LogP contribution >= 0.6 is 0 Å². The highest BCUT2D eigenvalue weighted by atomic mass is 19.1. The third-order valence-electron chi connectivity index (χ3n) is 5.75. The Bertz CT molecular complexity index is 1080. The van der Waals surface area contributed by atoms with Crippen LogP contribution in [-0.4, -0.2) is 6.17 Å². The van der Waals surface area contributed by atoms with E-state index in [1.807, 2.05) is 37.3 Å². The molecular weight excluding hydrogens is 359 g/mol. The molecule has 0 aliphatic heterocycles. The van der Waals surface area contributed by atoms with E-state index in [1.165, 1.54) is 12.1 Å². The highest BCUT2D eigenvalue weighted by molar-refractivity contribution is 5.91. The first-order chi connectivity index (χ1) is 13.5. The first-order valence-corrected chi connectivity index (χ1v) is 9.57. The molecule has 0 bridgehead atoms. The summed E-state index contributed by atoms with van der Waals surface area (Å²) in [6.45, 7) is 1.95. The predicted octanol–water partition coefficient (Wildman–Crippen LogP) is 6.84. The fraction of sp³-hybridized carbons (Fsp3) is 0.292. The minimum atomic E-state index is -1.28. The van der Waals surface area contributed by atoms with Gasteiger partial charge in [-0.25, -0.2) is 13.2 Å². The van der Waals surface area contributed by atoms with Crippen LogP contribution in [0.3, 0.4) is 0 Å². The normalized spacial score (nSPS) is 21.3. The zero-order chi connectivity index (χ0) is 19.8. The molecule has 28 heavy (non-hydrogen) atoms. The Morgan fingerprint density at radius 2 is 1.79 bits per heavy atom. The van der Waals surface area contributed by atoms with Crippen LogP contribution in [0.15, 0.2) is 48.5 Å². The number of hydrogen-bond acceptors (Lipinski definition) is 1. The summed E-state index contributed by atoms with van der Waals surface area (Å²) in [6, 6.07) is 15.5. The van der Waals surface area contributed by atoms with E-state index in [-0.39, 0.29) is 12.0 Å². The number of rotatable bonds is 3. The van der Waals surface area contributed by atoms with Crippen molar-refractivity contribution in [3.63, 3.8) is 0 Å². The first-order valence-electron chi connectivity index (χ1n) is 9.57. The van der Waals surface area contributed by atoms with Gasteiger partial charge in [0.2, 0.25) is 0 Å². The fourth-order valence-corrected chi connectivity index (χ4v) is 4.28. The third-order valence-corrected chi connectivity index (χ3v) is 5.75. The lowest BCUT2D eigenvalue weighted by atomic mass is 9.77. The molecular formula is C24H20F3N. The lowest BCUT2D eigenvalue weighted by Gasteiger charge is -2.32. The van der Waals surface area contributed by atoms with Gasteiger partial charge in [-0.2, -0.15) is 5.26 Å². The predicted molar refractivity (Wildman–Crippen MR) is 105 cm³/mol. The Kier molecular flexibility index (Phi) is 4.85. The Hall–Kier alpha value is -2.80. The quantitative estimate of drug-likeness (QED) is 0.489. The zero-order valence-electron chi connectivity index (χ0n) is 15.6. The number of fused-ring (bicyclic) bond motifs is 3. The molecule has 3 aromatic carbocycles. The summed E-state index contributed by atoms with van der Waals surface area (Å²) in [5, 5.41) is 10.6. The summed E-state index contributed by atoms with van der Waals surface area (Å²) in [4.78, 5) is 0. The van der Waals surface area contributed by atoms with E-state index in [0.717, 1.165) is 28.3 Å². The first kappa shape index (κ1) is 18.6. The molecule has 0 aromatic heterocycles. The summed E-state index contributed by atoms with van der Waals surface area (Å²) in [5.74, 6) is -1.14. The summed E-state index contributed by atoms with van der Waals surface area (Å²) in [7, 11) is 0. The van der Waals surface area contributed by atoms with Gasteiger partial charge in [-0.1, -0.05) is 43.7 Å². The minimum absolute atomic E-state index is 0.00298. The molecule has 0 amide bonds. The lowest BCUT2D eigenvalue weighted by Crippen LogP contribution is -2.29. The Morgan fingerprint density at radius 3 is 2.50 bits per heavy atom. The van der Waals surface area contributed by atoms with E-state index in [4.69, 9.17) is 5.26 Å². The standard InChI is InChI=1S/C24H20F3N/c1-2-3-20-23(26)12-21-18-8-6-14(10-16(18)7-9-19(21)24(20)27)15-4-5-17(13-28)22(25)11-15/h4-11,20,23-24H,2-3,12H2,1H3/t20-,23+,24?/m1/s1. The van der Waals surface area contributed by atoms with E-state index in [9.17, 15) is 13.2 Å². The second kappa shape index (κ2) is 7.31. The van der Waals surface area contributed by atoms with Crippen LogP contribution in [0.2, 0.25) is 0 Å². The number of nitrogens with zero attached hydrogens (tertiary/aromatic N) is 1. The van der Waals surface area contributed by atoms with Gasteiger partial charge in [-0.05, 0) is 57.6 Å². The van der Waals surface area contributed by atoms with Crippen molar-refractivity contribution >= 4 is 10.8 Å². The van der Waals surface area contributed by atoms with Crippen LogP contribution in [0.4, 0.5) is 13.2 Å². The van der Waals surface area contributed by atoms with E-state index >= 15 is 0 Å². The highest BCUT2D eigenvalue weighted by Gasteiger charge is 2.37. The molecule has 0 saturated heterocycles. The van der Waals surface area contributed by atoms with E-state index in [1.54, 1.807) is 12.1 Å². The summed E-state index contributed by atoms with van der Waals surface area (Å²) >= 11 is 0. The summed E-state index contributed by atoms with van der Waals surface area (Å²) in [5.41, 5.74) is 2.79. The molecule has 3 atom stereocenters. The summed E-state index contributed by atoms with van der Waals surface area (Å²) in [6.07, 6.45) is -0.930. The van der Waals surface area contributed by atoms with Crippen LogP contribution in [0.25, 0.3) is 21.9 Å². The largest absolute Gasteiger partial charge is 0.247 e. The molecule has 4 rings (SSSR count). The monoisotopic (exact) mass is 379 g/mol. The second-order valence-corrected chi connectivity index (χ2v) is 7.45. The van der Waals surface area contributed by atoms with Gasteiger partial charge in [-0.3, -0.25) is 0 Å². The van der Waals surface area contributed by atoms with Crippen LogP contribution in [0.1, 0.15) is 42.6 Å². The Morgan fingerprint density at radius 1 is 1.04 bits per heavy atom. The van der Waals surface area contributed by atoms with Crippen molar-refractivity contribution in [2.75, 3.05) is 0 Å². The van der Waals surface area contributed by atoms with Crippen LogP contribution in [-0.2, 0) is 6.42 Å². The van der Waals surface area contributed by atoms with E-state index < -0.39 is 24.1 Å². The maximum absolute atomic E-state index is 15.0. The molecule has 142 valence electrons. The van der Waals surface area contributed by atoms with Gasteiger partial charge in [0.15, 0.2) is 0 Å². The van der Waals surface area contributed by atoms with Gasteiger partial charge in [-0.15, -0.1) is 0 Å². The molecule has 1 aliphatic rings. The number of alkyl halides is 2. The van der Waals surface area contributed by atoms with Crippen molar-refractivity contribution in [1.29, 1.82) is 5.26 Å². The smallest absolute Gasteiger partial charge is 0.141 e. The SMILES string of the molecule is CCC[C@H]1C(F)c2ccc3cc(-c4ccc(C#N)c(F)c4)ccc3c2C[C@@H]1F. The van der Waals surface area contributed by atoms with Gasteiger partial charge in [0.05, 0.1) is 5.56 Å². The maximum atomic E-state index is 15.0. The minimum Gasteiger partial charge on any atom is -0.247 e. The van der Waals surface area contributed by atoms with Crippen molar-refractivity contribution in [3.05, 3.63) is 71.0 Å².